The van der Waals surface area contributed by atoms with Crippen molar-refractivity contribution >= 4 is 22.3 Å². The lowest BCUT2D eigenvalue weighted by molar-refractivity contribution is 0.252. The van der Waals surface area contributed by atoms with E-state index in [9.17, 15) is 0 Å². The van der Waals surface area contributed by atoms with Gasteiger partial charge in [-0.05, 0) is 61.3 Å². The third-order valence-electron chi connectivity index (χ3n) is 6.23. The van der Waals surface area contributed by atoms with Crippen LogP contribution in [0.15, 0.2) is 54.6 Å². The van der Waals surface area contributed by atoms with Crippen molar-refractivity contribution in [2.45, 2.75) is 44.9 Å². The molecule has 1 saturated carbocycles. The van der Waals surface area contributed by atoms with Crippen LogP contribution >= 0.6 is 0 Å². The van der Waals surface area contributed by atoms with Crippen LogP contribution in [0.3, 0.4) is 0 Å². The summed E-state index contributed by atoms with van der Waals surface area (Å²) in [4.78, 5) is 5.10. The Balaban J connectivity index is 1.65. The van der Waals surface area contributed by atoms with Gasteiger partial charge in [-0.1, -0.05) is 49.2 Å². The van der Waals surface area contributed by atoms with E-state index >= 15 is 0 Å². The summed E-state index contributed by atoms with van der Waals surface area (Å²) >= 11 is 0. The van der Waals surface area contributed by atoms with Crippen LogP contribution in [0.2, 0.25) is 0 Å². The molecule has 3 aromatic rings. The lowest BCUT2D eigenvalue weighted by Crippen LogP contribution is -2.27. The molecule has 0 unspecified atom stereocenters. The molecule has 126 valence electrons. The molecule has 0 aliphatic heterocycles. The molecule has 2 aliphatic carbocycles. The van der Waals surface area contributed by atoms with Crippen molar-refractivity contribution in [3.8, 4) is 0 Å². The van der Waals surface area contributed by atoms with Gasteiger partial charge in [-0.3, -0.25) is 4.98 Å². The number of anilines is 2. The molecule has 0 saturated heterocycles. The number of fused-ring (bicyclic) bond motifs is 2. The number of nitrogens with zero attached hydrogens (tertiary/aromatic N) is 1. The maximum Gasteiger partial charge on any atom is 0.0726 e. The van der Waals surface area contributed by atoms with Crippen LogP contribution in [-0.2, 0) is 12.8 Å². The van der Waals surface area contributed by atoms with Crippen molar-refractivity contribution in [3.63, 3.8) is 0 Å². The van der Waals surface area contributed by atoms with Gasteiger partial charge in [-0.25, -0.2) is 0 Å². The fourth-order valence-corrected chi connectivity index (χ4v) is 4.91. The number of hydrogen-bond acceptors (Lipinski definition) is 2. The van der Waals surface area contributed by atoms with Crippen molar-refractivity contribution in [3.05, 3.63) is 65.9 Å². The Morgan fingerprint density at radius 2 is 1.60 bits per heavy atom. The zero-order chi connectivity index (χ0) is 16.7. The second kappa shape index (κ2) is 5.87. The minimum atomic E-state index is 0.534. The van der Waals surface area contributed by atoms with E-state index in [1.54, 1.807) is 0 Å². The Morgan fingerprint density at radius 1 is 0.840 bits per heavy atom. The summed E-state index contributed by atoms with van der Waals surface area (Å²) in [5.41, 5.74) is 6.87. The van der Waals surface area contributed by atoms with Crippen LogP contribution < -0.4 is 5.32 Å². The first-order valence-electron chi connectivity index (χ1n) is 9.56. The van der Waals surface area contributed by atoms with E-state index in [0.29, 0.717) is 5.41 Å². The predicted octanol–water partition coefficient (Wildman–Crippen LogP) is 6.03. The van der Waals surface area contributed by atoms with Crippen LogP contribution in [0.5, 0.6) is 0 Å². The Hall–Kier alpha value is -2.35. The normalized spacial score (nSPS) is 18.4. The molecule has 2 aromatic carbocycles. The minimum Gasteiger partial charge on any atom is -0.355 e. The van der Waals surface area contributed by atoms with Crippen LogP contribution in [0.25, 0.3) is 10.9 Å². The molecule has 1 spiro atoms. The lowest BCUT2D eigenvalue weighted by Gasteiger charge is -2.35. The number of hydrogen-bond donors (Lipinski definition) is 1. The first-order chi connectivity index (χ1) is 12.3. The van der Waals surface area contributed by atoms with Crippen LogP contribution in [0, 0.1) is 5.41 Å². The molecular formula is C23H24N2. The van der Waals surface area contributed by atoms with Gasteiger partial charge in [0.05, 0.1) is 11.2 Å². The number of para-hydroxylation sites is 2. The summed E-state index contributed by atoms with van der Waals surface area (Å²) in [5.74, 6) is 0. The van der Waals surface area contributed by atoms with Gasteiger partial charge in [0, 0.05) is 16.8 Å². The molecule has 1 fully saturated rings. The molecule has 2 nitrogen and oxygen atoms in total. The second-order valence-corrected chi connectivity index (χ2v) is 7.80. The monoisotopic (exact) mass is 328 g/mol. The zero-order valence-electron chi connectivity index (χ0n) is 14.6. The SMILES string of the molecule is c1ccc(Nc2c3c(nc4ccccc24)CC2(CCCC2)CC3)cc1. The van der Waals surface area contributed by atoms with Crippen LogP contribution in [0.4, 0.5) is 11.4 Å². The molecule has 1 heterocycles. The van der Waals surface area contributed by atoms with Gasteiger partial charge in [-0.2, -0.15) is 0 Å². The van der Waals surface area contributed by atoms with Crippen LogP contribution in [0.1, 0.15) is 43.4 Å². The summed E-state index contributed by atoms with van der Waals surface area (Å²) < 4.78 is 0. The van der Waals surface area contributed by atoms with E-state index < -0.39 is 0 Å². The molecule has 1 N–H and O–H groups in total. The van der Waals surface area contributed by atoms with Crippen molar-refractivity contribution in [1.29, 1.82) is 0 Å². The highest BCUT2D eigenvalue weighted by Gasteiger charge is 2.38. The molecule has 5 rings (SSSR count). The molecule has 0 atom stereocenters. The lowest BCUT2D eigenvalue weighted by atomic mass is 9.71. The summed E-state index contributed by atoms with van der Waals surface area (Å²) in [6.07, 6.45) is 9.23. The van der Waals surface area contributed by atoms with E-state index in [4.69, 9.17) is 4.98 Å². The van der Waals surface area contributed by atoms with Crippen molar-refractivity contribution in [2.24, 2.45) is 5.41 Å². The number of rotatable bonds is 2. The van der Waals surface area contributed by atoms with Gasteiger partial charge < -0.3 is 5.32 Å². The molecule has 2 heteroatoms. The Labute approximate surface area is 149 Å². The van der Waals surface area contributed by atoms with Gasteiger partial charge in [0.2, 0.25) is 0 Å². The van der Waals surface area contributed by atoms with Gasteiger partial charge in [-0.15, -0.1) is 0 Å². The predicted molar refractivity (Wildman–Crippen MR) is 104 cm³/mol. The largest absolute Gasteiger partial charge is 0.355 e. The van der Waals surface area contributed by atoms with E-state index in [1.807, 2.05) is 0 Å². The maximum absolute atomic E-state index is 5.10. The molecule has 0 bridgehead atoms. The summed E-state index contributed by atoms with van der Waals surface area (Å²) in [6, 6.07) is 19.1. The maximum atomic E-state index is 5.10. The third-order valence-corrected chi connectivity index (χ3v) is 6.23. The van der Waals surface area contributed by atoms with Gasteiger partial charge in [0.25, 0.3) is 0 Å². The fraction of sp³-hybridized carbons (Fsp3) is 0.348. The van der Waals surface area contributed by atoms with Crippen molar-refractivity contribution < 1.29 is 0 Å². The second-order valence-electron chi connectivity index (χ2n) is 7.80. The highest BCUT2D eigenvalue weighted by molar-refractivity contribution is 5.95. The molecule has 0 radical (unpaired) electrons. The van der Waals surface area contributed by atoms with E-state index in [0.717, 1.165) is 24.0 Å². The molecule has 0 amide bonds. The first-order valence-corrected chi connectivity index (χ1v) is 9.56. The number of nitrogens with one attached hydrogen (secondary N) is 1. The first kappa shape index (κ1) is 14.9. The topological polar surface area (TPSA) is 24.9 Å². The quantitative estimate of drug-likeness (QED) is 0.621. The van der Waals surface area contributed by atoms with Crippen LogP contribution in [-0.4, -0.2) is 4.98 Å². The average Bonchev–Trinajstić information content (AvgIpc) is 3.10. The summed E-state index contributed by atoms with van der Waals surface area (Å²) in [6.45, 7) is 0. The van der Waals surface area contributed by atoms with Crippen molar-refractivity contribution in [2.75, 3.05) is 5.32 Å². The standard InChI is InChI=1S/C23H24N2/c1-2-8-17(9-3-1)24-22-18-10-4-5-11-20(18)25-21-16-23(13-6-7-14-23)15-12-19(21)22/h1-5,8-11H,6-7,12-16H2,(H,24,25). The molecule has 1 aromatic heterocycles. The Kier molecular flexibility index (Phi) is 3.51. The summed E-state index contributed by atoms with van der Waals surface area (Å²) in [7, 11) is 0. The smallest absolute Gasteiger partial charge is 0.0726 e. The summed E-state index contributed by atoms with van der Waals surface area (Å²) in [5, 5.41) is 4.96. The number of aromatic nitrogens is 1. The van der Waals surface area contributed by atoms with Crippen molar-refractivity contribution in [1.82, 2.24) is 4.98 Å². The minimum absolute atomic E-state index is 0.534. The van der Waals surface area contributed by atoms with E-state index in [1.165, 1.54) is 54.4 Å². The van der Waals surface area contributed by atoms with E-state index in [-0.39, 0.29) is 0 Å². The molecule has 25 heavy (non-hydrogen) atoms. The fourth-order valence-electron chi connectivity index (χ4n) is 4.91. The Morgan fingerprint density at radius 3 is 2.44 bits per heavy atom. The van der Waals surface area contributed by atoms with Gasteiger partial charge in [0.1, 0.15) is 0 Å². The highest BCUT2D eigenvalue weighted by Crippen LogP contribution is 2.49. The molecule has 2 aliphatic rings. The van der Waals surface area contributed by atoms with E-state index in [2.05, 4.69) is 59.9 Å². The molecular weight excluding hydrogens is 304 g/mol. The van der Waals surface area contributed by atoms with Gasteiger partial charge in [0.15, 0.2) is 0 Å². The third kappa shape index (κ3) is 2.60. The zero-order valence-corrected chi connectivity index (χ0v) is 14.6. The number of benzene rings is 2. The Bertz CT molecular complexity index is 908. The average molecular weight is 328 g/mol. The number of pyridine rings is 1. The highest BCUT2D eigenvalue weighted by atomic mass is 14.9. The van der Waals surface area contributed by atoms with Gasteiger partial charge >= 0.3 is 0 Å².